The van der Waals surface area contributed by atoms with E-state index < -0.39 is 0 Å². The predicted molar refractivity (Wildman–Crippen MR) is 188 cm³/mol. The van der Waals surface area contributed by atoms with Crippen LogP contribution in [0.2, 0.25) is 0 Å². The van der Waals surface area contributed by atoms with Crippen molar-refractivity contribution < 1.29 is 43.2 Å². The van der Waals surface area contributed by atoms with Gasteiger partial charge in [0, 0.05) is 42.9 Å². The number of fused-ring (bicyclic) bond motifs is 2. The van der Waals surface area contributed by atoms with Gasteiger partial charge in [-0.3, -0.25) is 9.69 Å². The number of aliphatic hydroxyl groups is 1. The first-order chi connectivity index (χ1) is 21.9. The number of para-hydroxylation sites is 2. The van der Waals surface area contributed by atoms with Crippen LogP contribution in [-0.2, 0) is 16.1 Å². The number of nitrogens with one attached hydrogen (secondary N) is 1. The zero-order valence-corrected chi connectivity index (χ0v) is 31.0. The van der Waals surface area contributed by atoms with Crippen molar-refractivity contribution in [2.45, 2.75) is 56.9 Å². The number of amides is 1. The molecule has 0 spiro atoms. The third-order valence-corrected chi connectivity index (χ3v) is 9.22. The van der Waals surface area contributed by atoms with E-state index in [0.29, 0.717) is 26.2 Å². The summed E-state index contributed by atoms with van der Waals surface area (Å²) in [6.45, 7) is 7.44. The Labute approximate surface area is 297 Å². The molecule has 1 aliphatic heterocycles. The molecule has 0 atom stereocenters. The van der Waals surface area contributed by atoms with Crippen LogP contribution in [0.3, 0.4) is 0 Å². The maximum atomic E-state index is 12.3. The van der Waals surface area contributed by atoms with Gasteiger partial charge in [0.05, 0.1) is 50.2 Å². The molecule has 4 rings (SSSR count). The summed E-state index contributed by atoms with van der Waals surface area (Å²) in [7, 11) is 6.44. The van der Waals surface area contributed by atoms with Crippen molar-refractivity contribution in [2.75, 3.05) is 76.9 Å². The molecule has 0 radical (unpaired) electrons. The fourth-order valence-corrected chi connectivity index (χ4v) is 6.91. The number of thioether (sulfide) groups is 1. The van der Waals surface area contributed by atoms with Gasteiger partial charge >= 0.3 is 0 Å². The second kappa shape index (κ2) is 20.1. The molecular weight excluding hydrogens is 709 g/mol. The highest BCUT2D eigenvalue weighted by Crippen LogP contribution is 2.45. The monoisotopic (exact) mass is 761 g/mol. The molecule has 3 aromatic rings. The first-order valence-electron chi connectivity index (χ1n) is 16.5. The number of benzene rings is 2. The fraction of sp³-hybridized carbons (Fsp3) is 0.500. The van der Waals surface area contributed by atoms with Crippen molar-refractivity contribution in [3.8, 4) is 0 Å². The molecule has 0 saturated heterocycles. The maximum absolute atomic E-state index is 12.3. The molecule has 1 aliphatic rings. The van der Waals surface area contributed by atoms with E-state index in [0.717, 1.165) is 58.3 Å². The summed E-state index contributed by atoms with van der Waals surface area (Å²) in [5.74, 6) is 1.33. The number of nitrogens with zero attached hydrogens (tertiary/aromatic N) is 4. The normalized spacial score (nSPS) is 13.3. The summed E-state index contributed by atoms with van der Waals surface area (Å²) in [6.07, 6.45) is 7.90. The minimum atomic E-state index is 0. The Morgan fingerprint density at radius 3 is 2.57 bits per heavy atom. The van der Waals surface area contributed by atoms with Crippen molar-refractivity contribution in [1.82, 2.24) is 10.2 Å². The van der Waals surface area contributed by atoms with E-state index in [4.69, 9.17) is 9.84 Å². The van der Waals surface area contributed by atoms with Crippen LogP contribution >= 0.6 is 11.8 Å². The number of hydrogen-bond acceptors (Lipinski definition) is 7. The van der Waals surface area contributed by atoms with Crippen LogP contribution in [0.5, 0.6) is 0 Å². The summed E-state index contributed by atoms with van der Waals surface area (Å²) < 4.78 is 7.74. The first-order valence-corrected chi connectivity index (χ1v) is 17.3. The smallest absolute Gasteiger partial charge is 0.277 e. The van der Waals surface area contributed by atoms with Crippen molar-refractivity contribution in [3.05, 3.63) is 65.2 Å². The molecule has 0 fully saturated rings. The first kappa shape index (κ1) is 38.1. The van der Waals surface area contributed by atoms with E-state index in [-0.39, 0.29) is 36.5 Å². The largest absolute Gasteiger partial charge is 1.00 e. The lowest BCUT2D eigenvalue weighted by atomic mass is 10.1. The molecule has 46 heavy (non-hydrogen) atoms. The van der Waals surface area contributed by atoms with Crippen molar-refractivity contribution in [3.63, 3.8) is 0 Å². The Balaban J connectivity index is 0.00000576. The van der Waals surface area contributed by atoms with Gasteiger partial charge in [-0.1, -0.05) is 49.0 Å². The highest BCUT2D eigenvalue weighted by Gasteiger charge is 2.25. The summed E-state index contributed by atoms with van der Waals surface area (Å²) in [4.78, 5) is 20.7. The number of hydrogen-bond donors (Lipinski definition) is 2. The average Bonchev–Trinajstić information content (AvgIpc) is 3.35. The number of unbranched alkanes of at least 4 members (excludes halogenated alkanes) is 2. The van der Waals surface area contributed by atoms with Crippen LogP contribution in [0.25, 0.3) is 17.0 Å². The third-order valence-electron chi connectivity index (χ3n) is 8.06. The van der Waals surface area contributed by atoms with Gasteiger partial charge in [-0.15, -0.1) is 0 Å². The number of halogens is 1. The van der Waals surface area contributed by atoms with Crippen LogP contribution in [0.15, 0.2) is 64.5 Å². The molecule has 0 unspecified atom stereocenters. The van der Waals surface area contributed by atoms with Crippen molar-refractivity contribution in [2.24, 2.45) is 0 Å². The molecule has 8 nitrogen and oxygen atoms in total. The average molecular weight is 762 g/mol. The quantitative estimate of drug-likeness (QED) is 0.111. The van der Waals surface area contributed by atoms with E-state index in [1.165, 1.54) is 37.9 Å². The number of aromatic nitrogens is 1. The number of ether oxygens (including phenoxy) is 1. The fourth-order valence-electron chi connectivity index (χ4n) is 5.81. The number of aryl methyl sites for hydroxylation is 1. The Morgan fingerprint density at radius 2 is 1.80 bits per heavy atom. The van der Waals surface area contributed by atoms with E-state index in [1.54, 1.807) is 0 Å². The van der Waals surface area contributed by atoms with Gasteiger partial charge in [0.1, 0.15) is 5.52 Å². The number of pyridine rings is 1. The van der Waals surface area contributed by atoms with Gasteiger partial charge in [-0.25, -0.2) is 4.57 Å². The van der Waals surface area contributed by atoms with Crippen LogP contribution in [0.1, 0.15) is 51.0 Å². The number of anilines is 2. The highest BCUT2D eigenvalue weighted by atomic mass is 127. The molecule has 10 heteroatoms. The topological polar surface area (TPSA) is 72.2 Å². The number of carbonyl (C=O) groups excluding carboxylic acids is 1. The van der Waals surface area contributed by atoms with Crippen LogP contribution in [0.4, 0.5) is 11.5 Å². The van der Waals surface area contributed by atoms with E-state index >= 15 is 0 Å². The maximum Gasteiger partial charge on any atom is 0.277 e. The van der Waals surface area contributed by atoms with Crippen molar-refractivity contribution in [1.29, 1.82) is 0 Å². The van der Waals surface area contributed by atoms with Gasteiger partial charge in [-0.2, -0.15) is 0 Å². The zero-order valence-electron chi connectivity index (χ0n) is 28.0. The molecule has 1 aromatic heterocycles. The van der Waals surface area contributed by atoms with Gasteiger partial charge in [0.25, 0.3) is 5.82 Å². The highest BCUT2D eigenvalue weighted by molar-refractivity contribution is 8.03. The number of carbonyl (C=O) groups is 1. The summed E-state index contributed by atoms with van der Waals surface area (Å²) in [5.41, 5.74) is 3.75. The Kier molecular flexibility index (Phi) is 16.6. The Morgan fingerprint density at radius 1 is 1.02 bits per heavy atom. The lowest BCUT2D eigenvalue weighted by Crippen LogP contribution is -3.00. The second-order valence-corrected chi connectivity index (χ2v) is 12.9. The van der Waals surface area contributed by atoms with Crippen LogP contribution in [-0.4, -0.2) is 83.1 Å². The standard InChI is InChI=1S/C36H51N5O3S.HI/c1-5-20-40(22-13-21-38(2)3)35-27-29(28-36-39(4)32-16-10-11-17-33(32)45-36)30-14-8-9-15-31(30)41(35)23-12-6-7-18-34(43)37-19-25-44-26-24-42;/h8-11,14-17,27-28,42H,5-7,12-13,18-26H2,1-4H3;1H. The van der Waals surface area contributed by atoms with Crippen LogP contribution < -0.4 is 43.7 Å². The number of aliphatic hydroxyl groups excluding tert-OH is 1. The predicted octanol–water partition coefficient (Wildman–Crippen LogP) is 2.53. The molecule has 2 aromatic carbocycles. The van der Waals surface area contributed by atoms with Crippen molar-refractivity contribution >= 4 is 46.2 Å². The van der Waals surface area contributed by atoms with Gasteiger partial charge in [-0.05, 0) is 76.0 Å². The lowest BCUT2D eigenvalue weighted by Gasteiger charge is -2.23. The summed E-state index contributed by atoms with van der Waals surface area (Å²) >= 11 is 1.83. The third kappa shape index (κ3) is 10.8. The molecule has 1 amide bonds. The Hall–Kier alpha value is -2.38. The Bertz CT molecular complexity index is 1420. The van der Waals surface area contributed by atoms with E-state index in [9.17, 15) is 4.79 Å². The lowest BCUT2D eigenvalue weighted by molar-refractivity contribution is -0.659. The zero-order chi connectivity index (χ0) is 32.0. The minimum Gasteiger partial charge on any atom is -1.00 e. The summed E-state index contributed by atoms with van der Waals surface area (Å²) in [5, 5.41) is 14.2. The van der Waals surface area contributed by atoms with E-state index in [2.05, 4.69) is 113 Å². The molecule has 0 saturated carbocycles. The molecule has 2 heterocycles. The molecule has 0 aliphatic carbocycles. The van der Waals surface area contributed by atoms with Gasteiger partial charge < -0.3 is 48.9 Å². The molecular formula is C36H52IN5O3S. The van der Waals surface area contributed by atoms with E-state index in [1.807, 2.05) is 11.8 Å². The SMILES string of the molecule is CCCN(CCCN(C)C)c1cc(C=C2Sc3ccccc3N2C)c2ccccc2[n+]1CCCCCC(=O)NCCOCCO.[I-]. The molecule has 2 N–H and O–H groups in total. The van der Waals surface area contributed by atoms with Gasteiger partial charge in [0.15, 0.2) is 0 Å². The molecule has 0 bridgehead atoms. The summed E-state index contributed by atoms with van der Waals surface area (Å²) in [6, 6.07) is 19.8. The van der Waals surface area contributed by atoms with Crippen LogP contribution in [0, 0.1) is 0 Å². The number of rotatable bonds is 19. The minimum absolute atomic E-state index is 0. The van der Waals surface area contributed by atoms with Gasteiger partial charge in [0.2, 0.25) is 5.91 Å². The second-order valence-electron chi connectivity index (χ2n) is 11.9. The molecule has 252 valence electrons.